The lowest BCUT2D eigenvalue weighted by atomic mass is 9.90. The minimum atomic E-state index is -1.07. The van der Waals surface area contributed by atoms with Crippen LogP contribution in [0.25, 0.3) is 5.57 Å². The van der Waals surface area contributed by atoms with Gasteiger partial charge in [-0.05, 0) is 42.0 Å². The Balaban J connectivity index is 2.22. The summed E-state index contributed by atoms with van der Waals surface area (Å²) in [6.45, 7) is 0. The molecule has 21 heavy (non-hydrogen) atoms. The fraction of sp³-hybridized carbons (Fsp3) is 0.333. The van der Waals surface area contributed by atoms with E-state index in [0.29, 0.717) is 11.3 Å². The molecule has 0 saturated heterocycles. The topological polar surface area (TPSA) is 76.6 Å². The van der Waals surface area contributed by atoms with Crippen molar-refractivity contribution >= 4 is 11.3 Å². The molecule has 0 amide bonds. The second-order valence-corrected chi connectivity index (χ2v) is 5.32. The van der Waals surface area contributed by atoms with Crippen LogP contribution in [0.5, 0.6) is 5.75 Å². The second-order valence-electron chi connectivity index (χ2n) is 5.32. The first-order valence-corrected chi connectivity index (χ1v) is 6.63. The summed E-state index contributed by atoms with van der Waals surface area (Å²) in [6, 6.07) is 4.01. The molecule has 6 heteroatoms. The summed E-state index contributed by atoms with van der Waals surface area (Å²) in [5, 5.41) is 30.9. The molecule has 0 aliphatic heterocycles. The van der Waals surface area contributed by atoms with Crippen molar-refractivity contribution in [3.8, 4) is 11.8 Å². The van der Waals surface area contributed by atoms with Crippen LogP contribution in [-0.4, -0.2) is 16.0 Å². The number of halogens is 2. The maximum Gasteiger partial charge on any atom is 0.187 e. The Morgan fingerprint density at radius 1 is 1.19 bits per heavy atom. The van der Waals surface area contributed by atoms with Gasteiger partial charge in [0.2, 0.25) is 0 Å². The summed E-state index contributed by atoms with van der Waals surface area (Å²) in [5.41, 5.74) is 1.20. The van der Waals surface area contributed by atoms with E-state index in [1.165, 1.54) is 0 Å². The van der Waals surface area contributed by atoms with Gasteiger partial charge in [-0.3, -0.25) is 0 Å². The molecule has 4 nitrogen and oxygen atoms in total. The van der Waals surface area contributed by atoms with Crippen molar-refractivity contribution in [3.05, 3.63) is 34.9 Å². The lowest BCUT2D eigenvalue weighted by Gasteiger charge is -2.14. The lowest BCUT2D eigenvalue weighted by molar-refractivity contribution is 0.315. The van der Waals surface area contributed by atoms with Gasteiger partial charge in [-0.2, -0.15) is 5.26 Å². The second kappa shape index (κ2) is 4.85. The van der Waals surface area contributed by atoms with E-state index in [4.69, 9.17) is 5.21 Å². The molecule has 3 rings (SSSR count). The molecule has 0 aromatic heterocycles. The van der Waals surface area contributed by atoms with Gasteiger partial charge < -0.3 is 10.3 Å². The number of rotatable bonds is 1. The van der Waals surface area contributed by atoms with Crippen LogP contribution < -0.4 is 0 Å². The van der Waals surface area contributed by atoms with E-state index >= 15 is 0 Å². The number of phenolic OH excluding ortho intramolecular Hbond substituents is 1. The van der Waals surface area contributed by atoms with Crippen LogP contribution in [-0.2, 0) is 0 Å². The number of aromatic hydroxyl groups is 1. The van der Waals surface area contributed by atoms with Crippen LogP contribution in [0.2, 0.25) is 0 Å². The van der Waals surface area contributed by atoms with Gasteiger partial charge in [-0.15, -0.1) is 0 Å². The first-order chi connectivity index (χ1) is 10.1. The third-order valence-electron chi connectivity index (χ3n) is 4.31. The van der Waals surface area contributed by atoms with E-state index in [9.17, 15) is 19.1 Å². The highest BCUT2D eigenvalue weighted by atomic mass is 19.1. The lowest BCUT2D eigenvalue weighted by Crippen LogP contribution is -2.12. The molecular weight excluding hydrogens is 278 g/mol. The van der Waals surface area contributed by atoms with E-state index in [2.05, 4.69) is 5.16 Å². The van der Waals surface area contributed by atoms with Crippen LogP contribution in [0.15, 0.2) is 22.9 Å². The van der Waals surface area contributed by atoms with Crippen LogP contribution >= 0.6 is 0 Å². The molecule has 1 aromatic rings. The largest absolute Gasteiger partial charge is 0.503 e. The number of fused-ring (bicyclic) bond motifs is 1. The van der Waals surface area contributed by atoms with Crippen molar-refractivity contribution in [1.29, 1.82) is 5.26 Å². The third-order valence-corrected chi connectivity index (χ3v) is 4.31. The zero-order chi connectivity index (χ0) is 15.1. The smallest absolute Gasteiger partial charge is 0.187 e. The number of allylic oxidation sites excluding steroid dienone is 2. The molecular formula is C15H12F2N2O2. The van der Waals surface area contributed by atoms with Gasteiger partial charge in [0.1, 0.15) is 11.8 Å². The summed E-state index contributed by atoms with van der Waals surface area (Å²) >= 11 is 0. The molecule has 2 atom stereocenters. The van der Waals surface area contributed by atoms with Gasteiger partial charge in [-0.25, -0.2) is 8.78 Å². The zero-order valence-corrected chi connectivity index (χ0v) is 11.0. The number of nitrogens with zero attached hydrogens (tertiary/aromatic N) is 2. The van der Waals surface area contributed by atoms with Crippen LogP contribution in [0.4, 0.5) is 8.78 Å². The quantitative estimate of drug-likeness (QED) is 0.616. The normalized spacial score (nSPS) is 26.2. The predicted molar refractivity (Wildman–Crippen MR) is 70.6 cm³/mol. The highest BCUT2D eigenvalue weighted by Crippen LogP contribution is 2.50. The Morgan fingerprint density at radius 2 is 1.81 bits per heavy atom. The van der Waals surface area contributed by atoms with Gasteiger partial charge in [0, 0.05) is 5.92 Å². The highest BCUT2D eigenvalue weighted by Gasteiger charge is 2.44. The predicted octanol–water partition coefficient (Wildman–Crippen LogP) is 3.21. The molecule has 0 spiro atoms. The van der Waals surface area contributed by atoms with Crippen LogP contribution in [0.1, 0.15) is 24.8 Å². The Hall–Kier alpha value is -2.42. The van der Waals surface area contributed by atoms with Crippen molar-refractivity contribution < 1.29 is 19.1 Å². The van der Waals surface area contributed by atoms with Gasteiger partial charge in [0.05, 0.1) is 5.57 Å². The van der Waals surface area contributed by atoms with E-state index in [1.807, 2.05) is 6.07 Å². The number of nitriles is 1. The number of hydrogen-bond acceptors (Lipinski definition) is 4. The molecule has 0 bridgehead atoms. The SMILES string of the molecule is N#CC1=C(c2cc(F)c(O)c(F)c2)C2CCCC2C1=NO. The third kappa shape index (κ3) is 1.88. The highest BCUT2D eigenvalue weighted by molar-refractivity contribution is 6.15. The molecule has 1 fully saturated rings. The average Bonchev–Trinajstić information content (AvgIpc) is 3.02. The minimum Gasteiger partial charge on any atom is -0.503 e. The summed E-state index contributed by atoms with van der Waals surface area (Å²) in [7, 11) is 0. The van der Waals surface area contributed by atoms with Gasteiger partial charge in [0.15, 0.2) is 17.4 Å². The van der Waals surface area contributed by atoms with Crippen molar-refractivity contribution in [2.45, 2.75) is 19.3 Å². The Labute approximate surface area is 119 Å². The van der Waals surface area contributed by atoms with Crippen LogP contribution in [0.3, 0.4) is 0 Å². The van der Waals surface area contributed by atoms with Gasteiger partial charge >= 0.3 is 0 Å². The Bertz CT molecular complexity index is 696. The number of hydrogen-bond donors (Lipinski definition) is 2. The summed E-state index contributed by atoms with van der Waals surface area (Å²) < 4.78 is 27.1. The van der Waals surface area contributed by atoms with Gasteiger partial charge in [-0.1, -0.05) is 11.6 Å². The van der Waals surface area contributed by atoms with Crippen LogP contribution in [0, 0.1) is 34.8 Å². The summed E-state index contributed by atoms with van der Waals surface area (Å²) in [4.78, 5) is 0. The fourth-order valence-corrected chi connectivity index (χ4v) is 3.46. The summed E-state index contributed by atoms with van der Waals surface area (Å²) in [5.74, 6) is -3.33. The monoisotopic (exact) mass is 290 g/mol. The number of phenols is 1. The number of oxime groups is 1. The van der Waals surface area contributed by atoms with E-state index in [1.54, 1.807) is 0 Å². The fourth-order valence-electron chi connectivity index (χ4n) is 3.46. The maximum atomic E-state index is 13.6. The van der Waals surface area contributed by atoms with E-state index in [0.717, 1.165) is 31.4 Å². The molecule has 0 radical (unpaired) electrons. The molecule has 1 saturated carbocycles. The number of benzene rings is 1. The van der Waals surface area contributed by atoms with Crippen molar-refractivity contribution in [2.75, 3.05) is 0 Å². The molecule has 2 unspecified atom stereocenters. The van der Waals surface area contributed by atoms with E-state index < -0.39 is 17.4 Å². The Kier molecular flexibility index (Phi) is 3.13. The molecule has 2 N–H and O–H groups in total. The van der Waals surface area contributed by atoms with Gasteiger partial charge in [0.25, 0.3) is 0 Å². The molecule has 0 heterocycles. The molecule has 108 valence electrons. The maximum absolute atomic E-state index is 13.6. The first kappa shape index (κ1) is 13.6. The molecule has 1 aromatic carbocycles. The van der Waals surface area contributed by atoms with Crippen molar-refractivity contribution in [2.24, 2.45) is 17.0 Å². The minimum absolute atomic E-state index is 0.0751. The standard InChI is InChI=1S/C15H12F2N2O2/c16-11-4-7(5-12(17)15(11)20)13-8-2-1-3-9(8)14(19-21)10(13)6-18/h4-5,8-9,20-21H,1-3H2. The zero-order valence-electron chi connectivity index (χ0n) is 11.0. The molecule has 2 aliphatic rings. The average molecular weight is 290 g/mol. The first-order valence-electron chi connectivity index (χ1n) is 6.63. The molecule has 2 aliphatic carbocycles. The van der Waals surface area contributed by atoms with Crippen molar-refractivity contribution in [3.63, 3.8) is 0 Å². The summed E-state index contributed by atoms with van der Waals surface area (Å²) in [6.07, 6.45) is 2.45. The van der Waals surface area contributed by atoms with E-state index in [-0.39, 0.29) is 23.0 Å². The Morgan fingerprint density at radius 3 is 2.38 bits per heavy atom. The van der Waals surface area contributed by atoms with Crippen molar-refractivity contribution in [1.82, 2.24) is 0 Å².